The maximum Gasteiger partial charge on any atom is 0.265 e. The van der Waals surface area contributed by atoms with Gasteiger partial charge in [0, 0.05) is 37.8 Å². The molecule has 0 unspecified atom stereocenters. The number of amides is 2. The number of ether oxygens (including phenoxy) is 2. The van der Waals surface area contributed by atoms with Gasteiger partial charge in [0.25, 0.3) is 11.8 Å². The third-order valence-electron chi connectivity index (χ3n) is 5.69. The molecule has 1 atom stereocenters. The van der Waals surface area contributed by atoms with E-state index in [9.17, 15) is 18.0 Å². The number of nitrogens with zero attached hydrogens (tertiary/aromatic N) is 2. The summed E-state index contributed by atoms with van der Waals surface area (Å²) in [4.78, 5) is 26.4. The lowest BCUT2D eigenvalue weighted by Crippen LogP contribution is -2.50. The lowest BCUT2D eigenvalue weighted by molar-refractivity contribution is -0.122. The van der Waals surface area contributed by atoms with Gasteiger partial charge in [-0.2, -0.15) is 4.31 Å². The summed E-state index contributed by atoms with van der Waals surface area (Å²) in [6.07, 6.45) is -0.701. The van der Waals surface area contributed by atoms with Gasteiger partial charge < -0.3 is 19.7 Å². The van der Waals surface area contributed by atoms with Crippen LogP contribution in [0.25, 0.3) is 0 Å². The molecule has 0 radical (unpaired) electrons. The molecule has 0 saturated carbocycles. The molecular weight excluding hydrogens is 434 g/mol. The van der Waals surface area contributed by atoms with E-state index in [1.54, 1.807) is 56.2 Å². The monoisotopic (exact) mass is 459 g/mol. The first kappa shape index (κ1) is 22.1. The molecule has 2 aliphatic rings. The van der Waals surface area contributed by atoms with Crippen molar-refractivity contribution in [2.75, 3.05) is 38.6 Å². The zero-order valence-corrected chi connectivity index (χ0v) is 18.9. The molecular formula is C22H25N3O6S. The predicted octanol–water partition coefficient (Wildman–Crippen LogP) is 1.87. The molecule has 170 valence electrons. The van der Waals surface area contributed by atoms with Crippen molar-refractivity contribution < 1.29 is 27.5 Å². The average Bonchev–Trinajstić information content (AvgIpc) is 2.79. The fraction of sp³-hybridized carbons (Fsp3) is 0.364. The molecule has 2 aromatic carbocycles. The van der Waals surface area contributed by atoms with Crippen molar-refractivity contribution in [1.82, 2.24) is 9.21 Å². The van der Waals surface area contributed by atoms with Gasteiger partial charge in [0.1, 0.15) is 11.5 Å². The highest BCUT2D eigenvalue weighted by Gasteiger charge is 2.33. The Morgan fingerprint density at radius 3 is 2.41 bits per heavy atom. The van der Waals surface area contributed by atoms with Gasteiger partial charge in [-0.1, -0.05) is 0 Å². The Morgan fingerprint density at radius 1 is 1.12 bits per heavy atom. The maximum absolute atomic E-state index is 13.3. The molecule has 2 amide bonds. The summed E-state index contributed by atoms with van der Waals surface area (Å²) in [7, 11) is -2.23. The van der Waals surface area contributed by atoms with Gasteiger partial charge in [-0.15, -0.1) is 0 Å². The van der Waals surface area contributed by atoms with Crippen LogP contribution in [0.1, 0.15) is 22.8 Å². The summed E-state index contributed by atoms with van der Waals surface area (Å²) in [6, 6.07) is 9.90. The molecule has 0 aromatic heterocycles. The second-order valence-electron chi connectivity index (χ2n) is 7.79. The van der Waals surface area contributed by atoms with Crippen molar-refractivity contribution in [3.8, 4) is 11.5 Å². The number of nitrogens with one attached hydrogen (secondary N) is 1. The Hall–Kier alpha value is -3.11. The zero-order chi connectivity index (χ0) is 23.0. The highest BCUT2D eigenvalue weighted by atomic mass is 32.2. The second kappa shape index (κ2) is 8.44. The fourth-order valence-corrected chi connectivity index (χ4v) is 5.45. The minimum absolute atomic E-state index is 0.134. The van der Waals surface area contributed by atoms with Crippen molar-refractivity contribution in [3.63, 3.8) is 0 Å². The summed E-state index contributed by atoms with van der Waals surface area (Å²) in [5.74, 6) is 0.573. The van der Waals surface area contributed by atoms with E-state index in [2.05, 4.69) is 5.32 Å². The Bertz CT molecular complexity index is 1150. The smallest absolute Gasteiger partial charge is 0.265 e. The number of sulfonamides is 1. The van der Waals surface area contributed by atoms with Crippen LogP contribution in [0.15, 0.2) is 41.3 Å². The van der Waals surface area contributed by atoms with Gasteiger partial charge >= 0.3 is 0 Å². The van der Waals surface area contributed by atoms with Gasteiger partial charge in [-0.05, 0) is 49.7 Å². The van der Waals surface area contributed by atoms with E-state index in [1.807, 2.05) is 0 Å². The Balaban J connectivity index is 1.49. The molecule has 1 saturated heterocycles. The van der Waals surface area contributed by atoms with E-state index >= 15 is 0 Å². The number of anilines is 1. The molecule has 0 bridgehead atoms. The minimum Gasteiger partial charge on any atom is -0.497 e. The van der Waals surface area contributed by atoms with Crippen LogP contribution in [0.3, 0.4) is 0 Å². The van der Waals surface area contributed by atoms with Gasteiger partial charge in [-0.3, -0.25) is 9.59 Å². The number of hydrogen-bond acceptors (Lipinski definition) is 6. The number of fused-ring (bicyclic) bond motifs is 1. The van der Waals surface area contributed by atoms with E-state index in [1.165, 1.54) is 10.4 Å². The third kappa shape index (κ3) is 4.03. The number of benzene rings is 2. The summed E-state index contributed by atoms with van der Waals surface area (Å²) in [5.41, 5.74) is 1.50. The van der Waals surface area contributed by atoms with Crippen LogP contribution in [-0.4, -0.2) is 68.8 Å². The number of hydrogen-bond donors (Lipinski definition) is 1. The van der Waals surface area contributed by atoms with E-state index in [0.717, 1.165) is 0 Å². The molecule has 32 heavy (non-hydrogen) atoms. The van der Waals surface area contributed by atoms with Crippen LogP contribution in [-0.2, 0) is 14.8 Å². The molecule has 2 aromatic rings. The normalized spacial score (nSPS) is 19.0. The SMILES string of the molecule is COc1ccc(C(=O)N2CCN(S(=O)(=O)c3cc4c(cc3C)NC(=O)[C@H](C)O4)CC2)cc1. The van der Waals surface area contributed by atoms with E-state index in [0.29, 0.717) is 28.3 Å². The fourth-order valence-electron chi connectivity index (χ4n) is 3.81. The first-order chi connectivity index (χ1) is 15.2. The number of piperazine rings is 1. The number of methoxy groups -OCH3 is 1. The number of carbonyl (C=O) groups excluding carboxylic acids is 2. The third-order valence-corrected chi connectivity index (χ3v) is 7.73. The molecule has 0 aliphatic carbocycles. The van der Waals surface area contributed by atoms with Crippen LogP contribution >= 0.6 is 0 Å². The van der Waals surface area contributed by atoms with Crippen molar-refractivity contribution >= 4 is 27.5 Å². The molecule has 2 aliphatic heterocycles. The van der Waals surface area contributed by atoms with E-state index < -0.39 is 16.1 Å². The van der Waals surface area contributed by atoms with E-state index in [4.69, 9.17) is 9.47 Å². The Kier molecular flexibility index (Phi) is 5.83. The van der Waals surface area contributed by atoms with Gasteiger partial charge in [0.15, 0.2) is 6.10 Å². The first-order valence-electron chi connectivity index (χ1n) is 10.3. The minimum atomic E-state index is -3.79. The van der Waals surface area contributed by atoms with Crippen molar-refractivity contribution in [2.24, 2.45) is 0 Å². The molecule has 10 heteroatoms. The maximum atomic E-state index is 13.3. The van der Waals surface area contributed by atoms with Crippen LogP contribution in [0.5, 0.6) is 11.5 Å². The number of carbonyl (C=O) groups is 2. The van der Waals surface area contributed by atoms with Crippen molar-refractivity contribution in [2.45, 2.75) is 24.8 Å². The van der Waals surface area contributed by atoms with E-state index in [-0.39, 0.29) is 42.9 Å². The van der Waals surface area contributed by atoms with Crippen molar-refractivity contribution in [1.29, 1.82) is 0 Å². The molecule has 2 heterocycles. The van der Waals surface area contributed by atoms with Crippen LogP contribution in [0.4, 0.5) is 5.69 Å². The topological polar surface area (TPSA) is 105 Å². The van der Waals surface area contributed by atoms with Crippen molar-refractivity contribution in [3.05, 3.63) is 47.5 Å². The Morgan fingerprint density at radius 2 is 1.78 bits per heavy atom. The number of rotatable bonds is 4. The van der Waals surface area contributed by atoms with Crippen LogP contribution < -0.4 is 14.8 Å². The quantitative estimate of drug-likeness (QED) is 0.748. The standard InChI is InChI=1S/C22H25N3O6S/c1-14-12-18-19(31-15(2)21(26)23-18)13-20(14)32(28,29)25-10-8-24(9-11-25)22(27)16-4-6-17(30-3)7-5-16/h4-7,12-13,15H,8-11H2,1-3H3,(H,23,26)/t15-/m0/s1. The zero-order valence-electron chi connectivity index (χ0n) is 18.1. The highest BCUT2D eigenvalue weighted by Crippen LogP contribution is 2.35. The summed E-state index contributed by atoms with van der Waals surface area (Å²) in [5, 5.41) is 2.73. The predicted molar refractivity (Wildman–Crippen MR) is 118 cm³/mol. The summed E-state index contributed by atoms with van der Waals surface area (Å²) < 4.78 is 38.7. The second-order valence-corrected chi connectivity index (χ2v) is 9.69. The number of aryl methyl sites for hydroxylation is 1. The van der Waals surface area contributed by atoms with Gasteiger partial charge in [0.05, 0.1) is 17.7 Å². The molecule has 1 fully saturated rings. The molecule has 9 nitrogen and oxygen atoms in total. The van der Waals surface area contributed by atoms with Gasteiger partial charge in [0.2, 0.25) is 10.0 Å². The molecule has 0 spiro atoms. The Labute approximate surface area is 187 Å². The van der Waals surface area contributed by atoms with Crippen LogP contribution in [0, 0.1) is 6.92 Å². The summed E-state index contributed by atoms with van der Waals surface area (Å²) in [6.45, 7) is 4.24. The average molecular weight is 460 g/mol. The lowest BCUT2D eigenvalue weighted by Gasteiger charge is -2.34. The summed E-state index contributed by atoms with van der Waals surface area (Å²) >= 11 is 0. The first-order valence-corrected chi connectivity index (χ1v) is 11.7. The molecule has 1 N–H and O–H groups in total. The van der Waals surface area contributed by atoms with Crippen LogP contribution in [0.2, 0.25) is 0 Å². The highest BCUT2D eigenvalue weighted by molar-refractivity contribution is 7.89. The lowest BCUT2D eigenvalue weighted by atomic mass is 10.1. The van der Waals surface area contributed by atoms with Gasteiger partial charge in [-0.25, -0.2) is 8.42 Å². The molecule has 4 rings (SSSR count). The largest absolute Gasteiger partial charge is 0.497 e.